The fourth-order valence-electron chi connectivity index (χ4n) is 9.64. The standard InChI is InChI=1S/C56H38N4.C3H8/c1-56(2)48-30-29-42(33-47(48)51-43-21-12-11-16-37(43)28-31-49(51)56)44-22-13-23-45-46-32-40-19-9-10-20-41(40)34-50(46)60(52(44)45)55-58-53(38-17-7-4-8-18-38)57-54(59-55)39-26-24-36(25-27-39)35-14-5-3-6-15-35;1-3-2/h3-34H,1-2H3;3H2,1-2H3. The number of rotatable bonds is 5. The normalized spacial score (nSPS) is 12.6. The SMILES string of the molecule is CC1(C)c2ccc(-c3cccc4c5cc6ccccc6cc5n(-c5nc(-c6ccccc6)nc(-c6ccc(-c7ccccc7)cc6)n5)c34)cc2-c2c1ccc1ccccc21.CCC. The molecule has 2 heterocycles. The molecule has 2 aromatic heterocycles. The summed E-state index contributed by atoms with van der Waals surface area (Å²) in [5.74, 6) is 1.82. The smallest absolute Gasteiger partial charge is 0.238 e. The zero-order chi connectivity index (χ0) is 42.7. The van der Waals surface area contributed by atoms with E-state index in [0.717, 1.165) is 55.0 Å². The van der Waals surface area contributed by atoms with E-state index in [1.165, 1.54) is 50.4 Å². The maximum Gasteiger partial charge on any atom is 0.238 e. The van der Waals surface area contributed by atoms with E-state index in [4.69, 9.17) is 15.0 Å². The molecule has 11 aromatic rings. The summed E-state index contributed by atoms with van der Waals surface area (Å²) in [6, 6.07) is 69.6. The Morgan fingerprint density at radius 3 is 1.67 bits per heavy atom. The number of fused-ring (bicyclic) bond motifs is 9. The van der Waals surface area contributed by atoms with Crippen LogP contribution in [0.15, 0.2) is 194 Å². The van der Waals surface area contributed by atoms with Gasteiger partial charge in [0.25, 0.3) is 0 Å². The van der Waals surface area contributed by atoms with Gasteiger partial charge in [-0.3, -0.25) is 4.57 Å². The summed E-state index contributed by atoms with van der Waals surface area (Å²) in [6.07, 6.45) is 1.25. The predicted octanol–water partition coefficient (Wildman–Crippen LogP) is 15.7. The molecule has 0 atom stereocenters. The van der Waals surface area contributed by atoms with Crippen LogP contribution >= 0.6 is 0 Å². The fraction of sp³-hybridized carbons (Fsp3) is 0.102. The molecule has 0 bridgehead atoms. The predicted molar refractivity (Wildman–Crippen MR) is 264 cm³/mol. The van der Waals surface area contributed by atoms with Crippen LogP contribution in [0.3, 0.4) is 0 Å². The molecule has 0 radical (unpaired) electrons. The second-order valence-corrected chi connectivity index (χ2v) is 17.1. The summed E-state index contributed by atoms with van der Waals surface area (Å²) in [5, 5.41) is 7.20. The Kier molecular flexibility index (Phi) is 9.31. The van der Waals surface area contributed by atoms with Crippen LogP contribution in [0, 0.1) is 0 Å². The molecule has 1 aliphatic carbocycles. The third-order valence-electron chi connectivity index (χ3n) is 12.6. The average molecular weight is 811 g/mol. The molecule has 0 unspecified atom stereocenters. The van der Waals surface area contributed by atoms with Gasteiger partial charge in [0.15, 0.2) is 11.6 Å². The van der Waals surface area contributed by atoms with Crippen molar-refractivity contribution in [3.05, 3.63) is 205 Å². The van der Waals surface area contributed by atoms with Crippen molar-refractivity contribution in [2.75, 3.05) is 0 Å². The lowest BCUT2D eigenvalue weighted by atomic mass is 9.82. The highest BCUT2D eigenvalue weighted by atomic mass is 15.2. The monoisotopic (exact) mass is 810 g/mol. The van der Waals surface area contributed by atoms with Gasteiger partial charge in [-0.1, -0.05) is 210 Å². The lowest BCUT2D eigenvalue weighted by Crippen LogP contribution is -2.14. The lowest BCUT2D eigenvalue weighted by molar-refractivity contribution is 0.661. The second-order valence-electron chi connectivity index (χ2n) is 17.1. The average Bonchev–Trinajstić information content (AvgIpc) is 3.78. The maximum atomic E-state index is 5.37. The van der Waals surface area contributed by atoms with E-state index in [0.29, 0.717) is 17.6 Å². The van der Waals surface area contributed by atoms with Gasteiger partial charge in [-0.15, -0.1) is 0 Å². The van der Waals surface area contributed by atoms with Gasteiger partial charge in [-0.25, -0.2) is 4.98 Å². The van der Waals surface area contributed by atoms with Gasteiger partial charge in [-0.2, -0.15) is 9.97 Å². The first kappa shape index (κ1) is 38.2. The highest BCUT2D eigenvalue weighted by molar-refractivity contribution is 6.17. The first-order chi connectivity index (χ1) is 30.9. The quantitative estimate of drug-likeness (QED) is 0.174. The van der Waals surface area contributed by atoms with E-state index in [9.17, 15) is 0 Å². The third-order valence-corrected chi connectivity index (χ3v) is 12.6. The van der Waals surface area contributed by atoms with Crippen LogP contribution in [0.2, 0.25) is 0 Å². The van der Waals surface area contributed by atoms with Gasteiger partial charge in [0.05, 0.1) is 11.0 Å². The van der Waals surface area contributed by atoms with Crippen LogP contribution in [-0.4, -0.2) is 19.5 Å². The fourth-order valence-corrected chi connectivity index (χ4v) is 9.64. The summed E-state index contributed by atoms with van der Waals surface area (Å²) in [4.78, 5) is 15.8. The summed E-state index contributed by atoms with van der Waals surface area (Å²) in [7, 11) is 0. The van der Waals surface area contributed by atoms with Crippen molar-refractivity contribution >= 4 is 43.4 Å². The molecule has 0 spiro atoms. The number of para-hydroxylation sites is 1. The van der Waals surface area contributed by atoms with Crippen molar-refractivity contribution in [3.63, 3.8) is 0 Å². The van der Waals surface area contributed by atoms with E-state index in [-0.39, 0.29) is 5.41 Å². The van der Waals surface area contributed by atoms with Crippen molar-refractivity contribution in [2.24, 2.45) is 0 Å². The lowest BCUT2D eigenvalue weighted by Gasteiger charge is -2.21. The molecule has 0 saturated heterocycles. The van der Waals surface area contributed by atoms with Gasteiger partial charge >= 0.3 is 0 Å². The molecule has 0 N–H and O–H groups in total. The molecular weight excluding hydrogens is 765 g/mol. The van der Waals surface area contributed by atoms with Crippen LogP contribution < -0.4 is 0 Å². The Balaban J connectivity index is 0.00000144. The zero-order valence-corrected chi connectivity index (χ0v) is 36.0. The van der Waals surface area contributed by atoms with Crippen LogP contribution in [0.4, 0.5) is 0 Å². The van der Waals surface area contributed by atoms with Crippen LogP contribution in [0.5, 0.6) is 0 Å². The highest BCUT2D eigenvalue weighted by Gasteiger charge is 2.36. The Bertz CT molecular complexity index is 3510. The Morgan fingerprint density at radius 2 is 0.952 bits per heavy atom. The molecule has 0 aliphatic heterocycles. The molecule has 63 heavy (non-hydrogen) atoms. The molecule has 0 saturated carbocycles. The molecule has 12 rings (SSSR count). The Morgan fingerprint density at radius 1 is 0.413 bits per heavy atom. The highest BCUT2D eigenvalue weighted by Crippen LogP contribution is 2.52. The minimum absolute atomic E-state index is 0.122. The Hall–Kier alpha value is -7.69. The molecule has 9 aromatic carbocycles. The third kappa shape index (κ3) is 6.41. The van der Waals surface area contributed by atoms with Crippen LogP contribution in [0.25, 0.3) is 105 Å². The van der Waals surface area contributed by atoms with E-state index in [1.807, 2.05) is 24.3 Å². The van der Waals surface area contributed by atoms with E-state index < -0.39 is 0 Å². The number of hydrogen-bond acceptors (Lipinski definition) is 3. The zero-order valence-electron chi connectivity index (χ0n) is 36.0. The minimum atomic E-state index is -0.122. The topological polar surface area (TPSA) is 43.6 Å². The molecule has 0 fully saturated rings. The molecule has 4 nitrogen and oxygen atoms in total. The van der Waals surface area contributed by atoms with Crippen molar-refractivity contribution < 1.29 is 0 Å². The first-order valence-corrected chi connectivity index (χ1v) is 22.0. The minimum Gasteiger partial charge on any atom is -0.277 e. The Labute approximate surface area is 368 Å². The summed E-state index contributed by atoms with van der Waals surface area (Å²) in [5.41, 5.74) is 13.8. The maximum absolute atomic E-state index is 5.37. The van der Waals surface area contributed by atoms with Crippen molar-refractivity contribution in [1.82, 2.24) is 19.5 Å². The van der Waals surface area contributed by atoms with Gasteiger partial charge in [0, 0.05) is 32.9 Å². The van der Waals surface area contributed by atoms with Crippen molar-refractivity contribution in [2.45, 2.75) is 39.5 Å². The van der Waals surface area contributed by atoms with E-state index in [2.05, 4.69) is 202 Å². The van der Waals surface area contributed by atoms with Crippen LogP contribution in [0.1, 0.15) is 45.2 Å². The molecule has 4 heteroatoms. The molecule has 0 amide bonds. The summed E-state index contributed by atoms with van der Waals surface area (Å²) >= 11 is 0. The van der Waals surface area contributed by atoms with Crippen molar-refractivity contribution in [1.29, 1.82) is 0 Å². The van der Waals surface area contributed by atoms with Crippen LogP contribution in [-0.2, 0) is 5.41 Å². The van der Waals surface area contributed by atoms with Gasteiger partial charge in [-0.05, 0) is 78.7 Å². The van der Waals surface area contributed by atoms with E-state index in [1.54, 1.807) is 0 Å². The molecule has 1 aliphatic rings. The summed E-state index contributed by atoms with van der Waals surface area (Å²) < 4.78 is 2.28. The largest absolute Gasteiger partial charge is 0.277 e. The number of aromatic nitrogens is 4. The number of benzene rings is 9. The van der Waals surface area contributed by atoms with Gasteiger partial charge in [0.2, 0.25) is 5.95 Å². The number of nitrogens with zero attached hydrogens (tertiary/aromatic N) is 4. The first-order valence-electron chi connectivity index (χ1n) is 22.0. The second kappa shape index (κ2) is 15.3. The van der Waals surface area contributed by atoms with Gasteiger partial charge in [0.1, 0.15) is 0 Å². The van der Waals surface area contributed by atoms with Crippen molar-refractivity contribution in [3.8, 4) is 62.1 Å². The summed E-state index contributed by atoms with van der Waals surface area (Å²) in [6.45, 7) is 8.96. The molecular formula is C59H46N4. The molecule has 302 valence electrons. The number of hydrogen-bond donors (Lipinski definition) is 0. The van der Waals surface area contributed by atoms with Gasteiger partial charge < -0.3 is 0 Å². The van der Waals surface area contributed by atoms with E-state index >= 15 is 0 Å².